The van der Waals surface area contributed by atoms with Crippen LogP contribution in [0.1, 0.15) is 23.7 Å². The highest BCUT2D eigenvalue weighted by Gasteiger charge is 2.67. The summed E-state index contributed by atoms with van der Waals surface area (Å²) in [5.41, 5.74) is -0.0619. The fraction of sp³-hybridized carbons (Fsp3) is 0.353. The van der Waals surface area contributed by atoms with Crippen molar-refractivity contribution in [1.29, 1.82) is 0 Å². The van der Waals surface area contributed by atoms with Crippen LogP contribution in [-0.4, -0.2) is 22.9 Å². The zero-order valence-corrected chi connectivity index (χ0v) is 12.0. The molecule has 22 heavy (non-hydrogen) atoms. The van der Waals surface area contributed by atoms with E-state index in [1.807, 2.05) is 6.92 Å². The number of allylic oxidation sites excluding steroid dienone is 2. The number of imide groups is 1. The minimum atomic E-state index is -1.03. The van der Waals surface area contributed by atoms with Gasteiger partial charge in [-0.05, 0) is 49.4 Å². The van der Waals surface area contributed by atoms with Gasteiger partial charge in [0.1, 0.15) is 0 Å². The molecular weight excluding hydrogens is 282 g/mol. The van der Waals surface area contributed by atoms with E-state index in [0.717, 1.165) is 6.42 Å². The van der Waals surface area contributed by atoms with E-state index in [1.165, 1.54) is 29.2 Å². The highest BCUT2D eigenvalue weighted by atomic mass is 16.4. The van der Waals surface area contributed by atoms with Crippen LogP contribution in [0, 0.1) is 23.2 Å². The van der Waals surface area contributed by atoms with Gasteiger partial charge in [-0.3, -0.25) is 9.59 Å². The number of amides is 2. The van der Waals surface area contributed by atoms with Crippen molar-refractivity contribution in [2.45, 2.75) is 13.3 Å². The van der Waals surface area contributed by atoms with Crippen molar-refractivity contribution in [3.8, 4) is 0 Å². The van der Waals surface area contributed by atoms with Gasteiger partial charge in [-0.1, -0.05) is 12.2 Å². The summed E-state index contributed by atoms with van der Waals surface area (Å²) in [6.45, 7) is 1.89. The Morgan fingerprint density at radius 2 is 1.91 bits per heavy atom. The number of carboxylic acids is 1. The largest absolute Gasteiger partial charge is 0.478 e. The van der Waals surface area contributed by atoms with Crippen LogP contribution in [0.15, 0.2) is 36.4 Å². The lowest BCUT2D eigenvalue weighted by Crippen LogP contribution is -2.37. The molecule has 1 saturated heterocycles. The van der Waals surface area contributed by atoms with Crippen molar-refractivity contribution in [3.05, 3.63) is 42.0 Å². The van der Waals surface area contributed by atoms with Gasteiger partial charge in [0.15, 0.2) is 0 Å². The molecule has 1 N–H and O–H groups in total. The fourth-order valence-corrected chi connectivity index (χ4v) is 4.30. The molecule has 2 unspecified atom stereocenters. The van der Waals surface area contributed by atoms with Gasteiger partial charge in [0.2, 0.25) is 11.8 Å². The van der Waals surface area contributed by atoms with Gasteiger partial charge < -0.3 is 5.11 Å². The third-order valence-corrected chi connectivity index (χ3v) is 5.48. The highest BCUT2D eigenvalue weighted by Crippen LogP contribution is 2.60. The summed E-state index contributed by atoms with van der Waals surface area (Å²) in [6, 6.07) is 5.89. The Kier molecular flexibility index (Phi) is 2.45. The van der Waals surface area contributed by atoms with Gasteiger partial charge in [0.05, 0.1) is 22.6 Å². The molecule has 112 valence electrons. The minimum Gasteiger partial charge on any atom is -0.478 e. The summed E-state index contributed by atoms with van der Waals surface area (Å²) in [5, 5.41) is 8.94. The van der Waals surface area contributed by atoms with Gasteiger partial charge in [-0.2, -0.15) is 0 Å². The summed E-state index contributed by atoms with van der Waals surface area (Å²) in [4.78, 5) is 37.8. The summed E-state index contributed by atoms with van der Waals surface area (Å²) in [5.74, 6) is -1.36. The third kappa shape index (κ3) is 1.41. The van der Waals surface area contributed by atoms with Crippen LogP contribution in [0.25, 0.3) is 0 Å². The number of nitrogens with zero attached hydrogens (tertiary/aromatic N) is 1. The zero-order valence-electron chi connectivity index (χ0n) is 12.0. The van der Waals surface area contributed by atoms with Crippen molar-refractivity contribution in [2.24, 2.45) is 23.2 Å². The lowest BCUT2D eigenvalue weighted by atomic mass is 9.71. The molecule has 4 atom stereocenters. The molecule has 1 heterocycles. The van der Waals surface area contributed by atoms with E-state index in [9.17, 15) is 14.4 Å². The van der Waals surface area contributed by atoms with Crippen molar-refractivity contribution in [3.63, 3.8) is 0 Å². The second kappa shape index (κ2) is 4.06. The summed E-state index contributed by atoms with van der Waals surface area (Å²) < 4.78 is 0. The molecular formula is C17H15NO4. The Bertz CT molecular complexity index is 736. The Hall–Kier alpha value is -2.43. The fourth-order valence-electron chi connectivity index (χ4n) is 4.30. The maximum Gasteiger partial charge on any atom is 0.335 e. The molecule has 0 spiro atoms. The molecule has 2 amide bonds. The lowest BCUT2D eigenvalue weighted by Gasteiger charge is -2.28. The van der Waals surface area contributed by atoms with E-state index in [4.69, 9.17) is 5.11 Å². The van der Waals surface area contributed by atoms with E-state index in [0.29, 0.717) is 5.69 Å². The number of carbonyl (C=O) groups excluding carboxylic acids is 2. The van der Waals surface area contributed by atoms with Crippen molar-refractivity contribution in [1.82, 2.24) is 0 Å². The first-order valence-electron chi connectivity index (χ1n) is 7.34. The maximum atomic E-state index is 12.9. The van der Waals surface area contributed by atoms with Gasteiger partial charge in [0, 0.05) is 0 Å². The summed E-state index contributed by atoms with van der Waals surface area (Å²) in [7, 11) is 0. The maximum absolute atomic E-state index is 12.9. The summed E-state index contributed by atoms with van der Waals surface area (Å²) >= 11 is 0. The molecule has 5 nitrogen and oxygen atoms in total. The second-order valence-electron chi connectivity index (χ2n) is 6.48. The molecule has 2 bridgehead atoms. The molecule has 1 aliphatic heterocycles. The zero-order chi connectivity index (χ0) is 15.6. The normalized spacial score (nSPS) is 35.3. The van der Waals surface area contributed by atoms with E-state index in [1.54, 1.807) is 0 Å². The molecule has 1 aromatic rings. The number of hydrogen-bond acceptors (Lipinski definition) is 3. The predicted molar refractivity (Wildman–Crippen MR) is 78.2 cm³/mol. The van der Waals surface area contributed by atoms with Crippen LogP contribution in [0.5, 0.6) is 0 Å². The van der Waals surface area contributed by atoms with Crippen LogP contribution in [0.3, 0.4) is 0 Å². The minimum absolute atomic E-state index is 0.127. The average molecular weight is 297 g/mol. The van der Waals surface area contributed by atoms with Crippen LogP contribution in [0.2, 0.25) is 0 Å². The van der Waals surface area contributed by atoms with Crippen molar-refractivity contribution < 1.29 is 19.5 Å². The monoisotopic (exact) mass is 297 g/mol. The smallest absolute Gasteiger partial charge is 0.335 e. The molecule has 3 aliphatic rings. The molecule has 2 aliphatic carbocycles. The van der Waals surface area contributed by atoms with E-state index >= 15 is 0 Å². The third-order valence-electron chi connectivity index (χ3n) is 5.48. The van der Waals surface area contributed by atoms with Gasteiger partial charge in [-0.25, -0.2) is 9.69 Å². The molecule has 4 rings (SSSR count). The molecule has 2 fully saturated rings. The van der Waals surface area contributed by atoms with Crippen LogP contribution in [0.4, 0.5) is 5.69 Å². The quantitative estimate of drug-likeness (QED) is 0.670. The Morgan fingerprint density at radius 3 is 2.50 bits per heavy atom. The first-order chi connectivity index (χ1) is 10.4. The van der Waals surface area contributed by atoms with Crippen LogP contribution < -0.4 is 4.90 Å². The standard InChI is InChI=1S/C17H15NO4/c1-17-11-5-2-10(8-11)13(17)14(19)18(16(17)22)12-6-3-9(4-7-12)15(20)21/h2-7,10-11,13H,8H2,1H3,(H,20,21)/t10-,11+,13?,17?/m0/s1. The Morgan fingerprint density at radius 1 is 1.23 bits per heavy atom. The van der Waals surface area contributed by atoms with Crippen LogP contribution >= 0.6 is 0 Å². The van der Waals surface area contributed by atoms with Gasteiger partial charge in [0.25, 0.3) is 0 Å². The predicted octanol–water partition coefficient (Wildman–Crippen LogP) is 2.09. The number of aromatic carboxylic acids is 1. The molecule has 0 aromatic heterocycles. The topological polar surface area (TPSA) is 74.7 Å². The van der Waals surface area contributed by atoms with Crippen LogP contribution in [-0.2, 0) is 9.59 Å². The first-order valence-corrected chi connectivity index (χ1v) is 7.34. The SMILES string of the molecule is CC12C(=O)N(c3ccc(C(=O)O)cc3)C(=O)C1[C@H]1C=C[C@@H]2C1. The van der Waals surface area contributed by atoms with Gasteiger partial charge >= 0.3 is 5.97 Å². The number of benzene rings is 1. The average Bonchev–Trinajstić information content (AvgIpc) is 3.12. The first kappa shape index (κ1) is 13.2. The second-order valence-corrected chi connectivity index (χ2v) is 6.48. The number of hydrogen-bond donors (Lipinski definition) is 1. The Labute approximate surface area is 127 Å². The van der Waals surface area contributed by atoms with Crippen molar-refractivity contribution >= 4 is 23.5 Å². The molecule has 5 heteroatoms. The summed E-state index contributed by atoms with van der Waals surface area (Å²) in [6.07, 6.45) is 4.99. The van der Waals surface area contributed by atoms with E-state index in [-0.39, 0.29) is 35.1 Å². The Balaban J connectivity index is 1.74. The molecule has 0 radical (unpaired) electrons. The number of carboxylic acid groups (broad SMARTS) is 1. The number of carbonyl (C=O) groups is 3. The van der Waals surface area contributed by atoms with Crippen molar-refractivity contribution in [2.75, 3.05) is 4.90 Å². The number of rotatable bonds is 2. The number of anilines is 1. The van der Waals surface area contributed by atoms with Gasteiger partial charge in [-0.15, -0.1) is 0 Å². The molecule has 1 aromatic carbocycles. The lowest BCUT2D eigenvalue weighted by molar-refractivity contribution is -0.127. The molecule has 1 saturated carbocycles. The number of fused-ring (bicyclic) bond motifs is 5. The highest BCUT2D eigenvalue weighted by molar-refractivity contribution is 6.24. The van der Waals surface area contributed by atoms with E-state index in [2.05, 4.69) is 12.2 Å². The van der Waals surface area contributed by atoms with E-state index < -0.39 is 11.4 Å².